The number of anilines is 1. The highest BCUT2D eigenvalue weighted by Gasteiger charge is 2.33. The van der Waals surface area contributed by atoms with E-state index in [2.05, 4.69) is 5.32 Å². The van der Waals surface area contributed by atoms with Crippen LogP contribution in [0.5, 0.6) is 5.75 Å². The van der Waals surface area contributed by atoms with Crippen molar-refractivity contribution in [2.24, 2.45) is 5.92 Å². The number of carbonyl (C=O) groups is 2. The third kappa shape index (κ3) is 4.21. The van der Waals surface area contributed by atoms with Crippen molar-refractivity contribution in [2.75, 3.05) is 31.1 Å². The van der Waals surface area contributed by atoms with Crippen molar-refractivity contribution in [3.05, 3.63) is 59.7 Å². The van der Waals surface area contributed by atoms with Crippen LogP contribution in [0.25, 0.3) is 0 Å². The fourth-order valence-electron chi connectivity index (χ4n) is 4.04. The first-order valence-corrected chi connectivity index (χ1v) is 10.2. The number of nitrogens with zero attached hydrogens (tertiary/aromatic N) is 2. The molecule has 2 aromatic carbocycles. The fraction of sp³-hybridized carbons (Fsp3) is 0.391. The summed E-state index contributed by atoms with van der Waals surface area (Å²) in [7, 11) is 0. The van der Waals surface area contributed by atoms with E-state index in [0.29, 0.717) is 32.8 Å². The van der Waals surface area contributed by atoms with Crippen LogP contribution in [-0.2, 0) is 11.3 Å². The first-order chi connectivity index (χ1) is 14.1. The van der Waals surface area contributed by atoms with Gasteiger partial charge in [0.2, 0.25) is 5.91 Å². The van der Waals surface area contributed by atoms with Crippen molar-refractivity contribution >= 4 is 17.6 Å². The van der Waals surface area contributed by atoms with Crippen LogP contribution in [0.2, 0.25) is 0 Å². The van der Waals surface area contributed by atoms with Crippen LogP contribution >= 0.6 is 0 Å². The summed E-state index contributed by atoms with van der Waals surface area (Å²) in [4.78, 5) is 29.5. The van der Waals surface area contributed by atoms with Crippen molar-refractivity contribution in [3.63, 3.8) is 0 Å². The zero-order chi connectivity index (χ0) is 20.2. The lowest BCUT2D eigenvalue weighted by molar-refractivity contribution is -0.126. The van der Waals surface area contributed by atoms with Crippen LogP contribution in [0.3, 0.4) is 0 Å². The molecule has 3 amide bonds. The van der Waals surface area contributed by atoms with E-state index in [1.165, 1.54) is 5.56 Å². The van der Waals surface area contributed by atoms with Gasteiger partial charge in [-0.3, -0.25) is 9.69 Å². The average molecular weight is 393 g/mol. The molecule has 1 fully saturated rings. The Morgan fingerprint density at radius 1 is 1.10 bits per heavy atom. The van der Waals surface area contributed by atoms with Gasteiger partial charge in [0.15, 0.2) is 0 Å². The van der Waals surface area contributed by atoms with Gasteiger partial charge in [-0.25, -0.2) is 4.79 Å². The molecule has 29 heavy (non-hydrogen) atoms. The number of amides is 3. The van der Waals surface area contributed by atoms with Crippen molar-refractivity contribution < 1.29 is 14.3 Å². The van der Waals surface area contributed by atoms with E-state index in [9.17, 15) is 9.59 Å². The predicted molar refractivity (Wildman–Crippen MR) is 112 cm³/mol. The molecule has 0 unspecified atom stereocenters. The highest BCUT2D eigenvalue weighted by atomic mass is 16.5. The summed E-state index contributed by atoms with van der Waals surface area (Å²) in [5.74, 6) is 0.581. The molecule has 4 rings (SSSR count). The number of likely N-dealkylation sites (tertiary alicyclic amines) is 1. The normalized spacial score (nSPS) is 18.6. The number of fused-ring (bicyclic) bond motifs is 1. The molecule has 1 N–H and O–H groups in total. The molecule has 1 atom stereocenters. The Morgan fingerprint density at radius 2 is 1.90 bits per heavy atom. The summed E-state index contributed by atoms with van der Waals surface area (Å²) < 4.78 is 5.66. The van der Waals surface area contributed by atoms with Gasteiger partial charge >= 0.3 is 6.03 Å². The fourth-order valence-corrected chi connectivity index (χ4v) is 4.04. The number of urea groups is 1. The monoisotopic (exact) mass is 393 g/mol. The summed E-state index contributed by atoms with van der Waals surface area (Å²) in [5, 5.41) is 3.05. The van der Waals surface area contributed by atoms with Crippen molar-refractivity contribution in [3.8, 4) is 5.75 Å². The molecule has 0 bridgehead atoms. The SMILES string of the molecule is Cc1ccccc1CNC(=O)[C@@H]1CCCN(C(=O)N2CCOc3ccccc32)C1. The molecular formula is C23H27N3O3. The lowest BCUT2D eigenvalue weighted by Gasteiger charge is -2.37. The number of hydrogen-bond acceptors (Lipinski definition) is 3. The molecule has 2 aliphatic rings. The molecule has 6 heteroatoms. The number of nitrogens with one attached hydrogen (secondary N) is 1. The van der Waals surface area contributed by atoms with Crippen LogP contribution in [0, 0.1) is 12.8 Å². The van der Waals surface area contributed by atoms with Gasteiger partial charge in [-0.05, 0) is 43.0 Å². The first kappa shape index (κ1) is 19.3. The number of benzene rings is 2. The molecule has 1 saturated heterocycles. The largest absolute Gasteiger partial charge is 0.490 e. The molecule has 0 spiro atoms. The second-order valence-electron chi connectivity index (χ2n) is 7.68. The summed E-state index contributed by atoms with van der Waals surface area (Å²) in [5.41, 5.74) is 3.09. The minimum atomic E-state index is -0.173. The number of para-hydroxylation sites is 2. The zero-order valence-corrected chi connectivity index (χ0v) is 16.8. The topological polar surface area (TPSA) is 61.9 Å². The highest BCUT2D eigenvalue weighted by Crippen LogP contribution is 2.32. The second-order valence-corrected chi connectivity index (χ2v) is 7.68. The lowest BCUT2D eigenvalue weighted by atomic mass is 9.97. The van der Waals surface area contributed by atoms with E-state index < -0.39 is 0 Å². The van der Waals surface area contributed by atoms with E-state index >= 15 is 0 Å². The van der Waals surface area contributed by atoms with E-state index in [1.807, 2.05) is 60.4 Å². The van der Waals surface area contributed by atoms with E-state index in [-0.39, 0.29) is 17.9 Å². The average Bonchev–Trinajstić information content (AvgIpc) is 2.77. The van der Waals surface area contributed by atoms with Crippen LogP contribution < -0.4 is 15.0 Å². The number of piperidine rings is 1. The van der Waals surface area contributed by atoms with Gasteiger partial charge in [-0.1, -0.05) is 36.4 Å². The zero-order valence-electron chi connectivity index (χ0n) is 16.8. The molecule has 2 heterocycles. The summed E-state index contributed by atoms with van der Waals surface area (Å²) >= 11 is 0. The Labute approximate surface area is 171 Å². The molecule has 2 aromatic rings. The Balaban J connectivity index is 1.39. The quantitative estimate of drug-likeness (QED) is 0.870. The third-order valence-corrected chi connectivity index (χ3v) is 5.74. The summed E-state index contributed by atoms with van der Waals surface area (Å²) in [6.45, 7) is 4.71. The van der Waals surface area contributed by atoms with Gasteiger partial charge < -0.3 is 15.0 Å². The summed E-state index contributed by atoms with van der Waals surface area (Å²) in [6, 6.07) is 15.6. The van der Waals surface area contributed by atoms with Gasteiger partial charge in [-0.15, -0.1) is 0 Å². The first-order valence-electron chi connectivity index (χ1n) is 10.2. The molecule has 0 saturated carbocycles. The second kappa shape index (κ2) is 8.55. The Kier molecular flexibility index (Phi) is 5.69. The maximum absolute atomic E-state index is 13.2. The van der Waals surface area contributed by atoms with E-state index in [0.717, 1.165) is 29.8 Å². The number of carbonyl (C=O) groups excluding carboxylic acids is 2. The molecule has 2 aliphatic heterocycles. The number of rotatable bonds is 3. The predicted octanol–water partition coefficient (Wildman–Crippen LogP) is 3.34. The number of hydrogen-bond donors (Lipinski definition) is 1. The van der Waals surface area contributed by atoms with Gasteiger partial charge in [0.25, 0.3) is 0 Å². The van der Waals surface area contributed by atoms with Gasteiger partial charge in [0, 0.05) is 19.6 Å². The number of aryl methyl sites for hydroxylation is 1. The van der Waals surface area contributed by atoms with Crippen LogP contribution in [0.1, 0.15) is 24.0 Å². The van der Waals surface area contributed by atoms with Gasteiger partial charge in [0.1, 0.15) is 12.4 Å². The van der Waals surface area contributed by atoms with Gasteiger partial charge in [0.05, 0.1) is 18.2 Å². The Morgan fingerprint density at radius 3 is 2.76 bits per heavy atom. The minimum Gasteiger partial charge on any atom is -0.490 e. The van der Waals surface area contributed by atoms with Gasteiger partial charge in [-0.2, -0.15) is 0 Å². The van der Waals surface area contributed by atoms with Crippen LogP contribution in [0.15, 0.2) is 48.5 Å². The minimum absolute atomic E-state index is 0.0214. The highest BCUT2D eigenvalue weighted by molar-refractivity contribution is 5.94. The molecule has 0 aliphatic carbocycles. The van der Waals surface area contributed by atoms with Crippen molar-refractivity contribution in [2.45, 2.75) is 26.3 Å². The molecule has 6 nitrogen and oxygen atoms in total. The van der Waals surface area contributed by atoms with E-state index in [1.54, 1.807) is 4.90 Å². The Bertz CT molecular complexity index is 898. The maximum Gasteiger partial charge on any atom is 0.324 e. The lowest BCUT2D eigenvalue weighted by Crippen LogP contribution is -2.52. The maximum atomic E-state index is 13.2. The van der Waals surface area contributed by atoms with Crippen LogP contribution in [0.4, 0.5) is 10.5 Å². The van der Waals surface area contributed by atoms with E-state index in [4.69, 9.17) is 4.74 Å². The standard InChI is InChI=1S/C23H27N3O3/c1-17-7-2-3-8-18(17)15-24-22(27)19-9-6-12-25(16-19)23(28)26-13-14-29-21-11-5-4-10-20(21)26/h2-5,7-8,10-11,19H,6,9,12-16H2,1H3,(H,24,27)/t19-/m1/s1. The smallest absolute Gasteiger partial charge is 0.324 e. The molecule has 152 valence electrons. The van der Waals surface area contributed by atoms with Crippen LogP contribution in [-0.4, -0.2) is 43.1 Å². The van der Waals surface area contributed by atoms with Crippen molar-refractivity contribution in [1.29, 1.82) is 0 Å². The molecular weight excluding hydrogens is 366 g/mol. The Hall–Kier alpha value is -3.02. The molecule has 0 aromatic heterocycles. The molecule has 0 radical (unpaired) electrons. The van der Waals surface area contributed by atoms with Crippen molar-refractivity contribution in [1.82, 2.24) is 10.2 Å². The third-order valence-electron chi connectivity index (χ3n) is 5.74. The number of ether oxygens (including phenoxy) is 1. The summed E-state index contributed by atoms with van der Waals surface area (Å²) in [6.07, 6.45) is 1.64.